The quantitative estimate of drug-likeness (QED) is 0.432. The number of carbonyl (C=O) groups is 1. The van der Waals surface area contributed by atoms with Crippen molar-refractivity contribution in [3.63, 3.8) is 0 Å². The van der Waals surface area contributed by atoms with Crippen LogP contribution in [0.15, 0.2) is 48.5 Å². The molecule has 178 valence electrons. The van der Waals surface area contributed by atoms with Gasteiger partial charge in [-0.25, -0.2) is 4.79 Å². The summed E-state index contributed by atoms with van der Waals surface area (Å²) in [6.45, 7) is 8.94. The van der Waals surface area contributed by atoms with Crippen LogP contribution in [0.5, 0.6) is 0 Å². The van der Waals surface area contributed by atoms with E-state index in [4.69, 9.17) is 9.84 Å². The minimum Gasteiger partial charge on any atom is -0.478 e. The van der Waals surface area contributed by atoms with Gasteiger partial charge in [-0.1, -0.05) is 48.0 Å². The molecule has 1 aliphatic carbocycles. The molecule has 2 aromatic rings. The summed E-state index contributed by atoms with van der Waals surface area (Å²) >= 11 is 0. The maximum Gasteiger partial charge on any atom is 0.328 e. The second kappa shape index (κ2) is 11.1. The molecule has 0 bridgehead atoms. The van der Waals surface area contributed by atoms with Crippen LogP contribution in [0.3, 0.4) is 0 Å². The van der Waals surface area contributed by atoms with Gasteiger partial charge in [0, 0.05) is 18.2 Å². The summed E-state index contributed by atoms with van der Waals surface area (Å²) in [5.74, 6) is -0.362. The number of carboxylic acids is 1. The number of rotatable bonds is 11. The maximum absolute atomic E-state index is 10.9. The Kier molecular flexibility index (Phi) is 8.46. The van der Waals surface area contributed by atoms with Crippen LogP contribution >= 0.6 is 0 Å². The summed E-state index contributed by atoms with van der Waals surface area (Å²) in [6.07, 6.45) is 5.13. The smallest absolute Gasteiger partial charge is 0.328 e. The fourth-order valence-electron chi connectivity index (χ4n) is 4.76. The number of β-amino-alcohol motifs (C(OH)–C–C–N with tert-alkyl or cyclic N) is 1. The van der Waals surface area contributed by atoms with Crippen molar-refractivity contribution in [3.05, 3.63) is 76.4 Å². The highest BCUT2D eigenvalue weighted by molar-refractivity contribution is 5.85. The number of aliphatic hydroxyl groups excluding tert-OH is 1. The summed E-state index contributed by atoms with van der Waals surface area (Å²) in [6, 6.07) is 14.6. The summed E-state index contributed by atoms with van der Waals surface area (Å²) < 4.78 is 5.95. The summed E-state index contributed by atoms with van der Waals surface area (Å²) in [5.41, 5.74) is 5.62. The Balaban J connectivity index is 1.47. The molecule has 33 heavy (non-hydrogen) atoms. The second-order valence-corrected chi connectivity index (χ2v) is 9.95. The predicted octanol–water partition coefficient (Wildman–Crippen LogP) is 4.70. The Morgan fingerprint density at radius 2 is 1.88 bits per heavy atom. The lowest BCUT2D eigenvalue weighted by atomic mass is 9.88. The highest BCUT2D eigenvalue weighted by Crippen LogP contribution is 2.32. The fraction of sp³-hybridized carbons (Fsp3) is 0.464. The Morgan fingerprint density at radius 3 is 2.52 bits per heavy atom. The first-order valence-electron chi connectivity index (χ1n) is 11.8. The van der Waals surface area contributed by atoms with Crippen LogP contribution < -0.4 is 5.32 Å². The third-order valence-electron chi connectivity index (χ3n) is 6.38. The lowest BCUT2D eigenvalue weighted by molar-refractivity contribution is -0.131. The van der Waals surface area contributed by atoms with Crippen LogP contribution in [0.2, 0.25) is 0 Å². The molecule has 1 aliphatic rings. The van der Waals surface area contributed by atoms with Gasteiger partial charge in [0.1, 0.15) is 0 Å². The molecule has 2 atom stereocenters. The van der Waals surface area contributed by atoms with Gasteiger partial charge in [-0.15, -0.1) is 0 Å². The fourth-order valence-corrected chi connectivity index (χ4v) is 4.76. The number of hydrogen-bond donors (Lipinski definition) is 3. The summed E-state index contributed by atoms with van der Waals surface area (Å²) in [5, 5.41) is 23.0. The van der Waals surface area contributed by atoms with E-state index in [1.54, 1.807) is 6.08 Å². The van der Waals surface area contributed by atoms with Crippen molar-refractivity contribution in [1.29, 1.82) is 0 Å². The largest absolute Gasteiger partial charge is 0.478 e. The van der Waals surface area contributed by atoms with E-state index in [1.807, 2.05) is 32.0 Å². The molecule has 0 aliphatic heterocycles. The average molecular weight is 452 g/mol. The standard InChI is InChI=1S/C28H37NO4/c1-19-9-11-26(24(13-19)10-12-27(31)32)20(2)33-18-25(30)17-29-28(3,4)16-21-14-22-7-5-6-8-23(22)15-21/h5-13,20-21,25,29-30H,14-18H2,1-4H3,(H,31,32)/t20-,25-/m1/s1. The van der Waals surface area contributed by atoms with Crippen LogP contribution in [-0.2, 0) is 22.4 Å². The van der Waals surface area contributed by atoms with Crippen molar-refractivity contribution in [2.45, 2.75) is 64.7 Å². The molecule has 0 fully saturated rings. The molecule has 3 rings (SSSR count). The van der Waals surface area contributed by atoms with E-state index in [1.165, 1.54) is 11.1 Å². The SMILES string of the molecule is Cc1ccc([C@@H](C)OC[C@H](O)CNC(C)(C)CC2Cc3ccccc3C2)c(C=CC(=O)O)c1. The Labute approximate surface area is 197 Å². The predicted molar refractivity (Wildman–Crippen MR) is 132 cm³/mol. The Hall–Kier alpha value is -2.47. The highest BCUT2D eigenvalue weighted by Gasteiger charge is 2.28. The normalized spacial score (nSPS) is 16.2. The summed E-state index contributed by atoms with van der Waals surface area (Å²) in [7, 11) is 0. The molecule has 0 amide bonds. The zero-order valence-electron chi connectivity index (χ0n) is 20.2. The first-order chi connectivity index (χ1) is 15.6. The van der Waals surface area contributed by atoms with E-state index in [0.717, 1.165) is 42.0 Å². The number of aliphatic hydroxyl groups is 1. The molecule has 5 nitrogen and oxygen atoms in total. The van der Waals surface area contributed by atoms with Gasteiger partial charge in [0.05, 0.1) is 18.8 Å². The molecule has 0 unspecified atom stereocenters. The first kappa shape index (κ1) is 25.2. The molecule has 0 radical (unpaired) electrons. The van der Waals surface area contributed by atoms with E-state index in [2.05, 4.69) is 43.4 Å². The summed E-state index contributed by atoms with van der Waals surface area (Å²) in [4.78, 5) is 10.9. The van der Waals surface area contributed by atoms with Crippen molar-refractivity contribution in [2.24, 2.45) is 5.92 Å². The lowest BCUT2D eigenvalue weighted by Crippen LogP contribution is -2.45. The van der Waals surface area contributed by atoms with Gasteiger partial charge >= 0.3 is 5.97 Å². The van der Waals surface area contributed by atoms with Gasteiger partial charge in [-0.2, -0.15) is 0 Å². The van der Waals surface area contributed by atoms with Crippen molar-refractivity contribution in [3.8, 4) is 0 Å². The van der Waals surface area contributed by atoms with E-state index >= 15 is 0 Å². The molecule has 5 heteroatoms. The van der Waals surface area contributed by atoms with Crippen molar-refractivity contribution < 1.29 is 19.7 Å². The molecule has 0 saturated heterocycles. The van der Waals surface area contributed by atoms with Crippen LogP contribution in [-0.4, -0.2) is 41.0 Å². The number of fused-ring (bicyclic) bond motifs is 1. The molecule has 3 N–H and O–H groups in total. The number of nitrogens with one attached hydrogen (secondary N) is 1. The zero-order valence-corrected chi connectivity index (χ0v) is 20.2. The molecule has 0 saturated carbocycles. The van der Waals surface area contributed by atoms with Gasteiger partial charge < -0.3 is 20.3 Å². The first-order valence-corrected chi connectivity index (χ1v) is 11.8. The minimum absolute atomic E-state index is 0.0783. The molecular weight excluding hydrogens is 414 g/mol. The third kappa shape index (κ3) is 7.53. The van der Waals surface area contributed by atoms with E-state index in [-0.39, 0.29) is 18.2 Å². The monoisotopic (exact) mass is 451 g/mol. The molecule has 0 aromatic heterocycles. The number of aliphatic carboxylic acids is 1. The van der Waals surface area contributed by atoms with E-state index in [0.29, 0.717) is 12.5 Å². The van der Waals surface area contributed by atoms with Gasteiger partial charge in [0.25, 0.3) is 0 Å². The number of carboxylic acid groups (broad SMARTS) is 1. The molecular formula is C28H37NO4. The van der Waals surface area contributed by atoms with Gasteiger partial charge in [-0.3, -0.25) is 0 Å². The van der Waals surface area contributed by atoms with Gasteiger partial charge in [-0.05, 0) is 81.2 Å². The Bertz CT molecular complexity index is 957. The van der Waals surface area contributed by atoms with E-state index in [9.17, 15) is 9.90 Å². The van der Waals surface area contributed by atoms with Crippen LogP contribution in [0.4, 0.5) is 0 Å². The van der Waals surface area contributed by atoms with Gasteiger partial charge in [0.2, 0.25) is 0 Å². The maximum atomic E-state index is 10.9. The highest BCUT2D eigenvalue weighted by atomic mass is 16.5. The zero-order chi connectivity index (χ0) is 24.0. The van der Waals surface area contributed by atoms with Crippen molar-refractivity contribution in [2.75, 3.05) is 13.2 Å². The molecule has 2 aromatic carbocycles. The number of ether oxygens (including phenoxy) is 1. The number of aryl methyl sites for hydroxylation is 1. The molecule has 0 spiro atoms. The number of hydrogen-bond acceptors (Lipinski definition) is 4. The second-order valence-electron chi connectivity index (χ2n) is 9.95. The molecule has 0 heterocycles. The van der Waals surface area contributed by atoms with Crippen LogP contribution in [0.1, 0.15) is 61.1 Å². The van der Waals surface area contributed by atoms with E-state index < -0.39 is 12.1 Å². The minimum atomic E-state index is -0.985. The lowest BCUT2D eigenvalue weighted by Gasteiger charge is -2.31. The van der Waals surface area contributed by atoms with Crippen LogP contribution in [0.25, 0.3) is 6.08 Å². The van der Waals surface area contributed by atoms with Crippen molar-refractivity contribution >= 4 is 12.0 Å². The third-order valence-corrected chi connectivity index (χ3v) is 6.38. The Morgan fingerprint density at radius 1 is 1.21 bits per heavy atom. The average Bonchev–Trinajstić information content (AvgIpc) is 3.16. The number of benzene rings is 2. The topological polar surface area (TPSA) is 78.8 Å². The van der Waals surface area contributed by atoms with Crippen LogP contribution in [0, 0.1) is 12.8 Å². The van der Waals surface area contributed by atoms with Crippen molar-refractivity contribution in [1.82, 2.24) is 5.32 Å². The van der Waals surface area contributed by atoms with Gasteiger partial charge in [0.15, 0.2) is 0 Å².